The first-order valence-corrected chi connectivity index (χ1v) is 5.93. The van der Waals surface area contributed by atoms with E-state index >= 15 is 0 Å². The van der Waals surface area contributed by atoms with Crippen LogP contribution in [0.1, 0.15) is 31.8 Å². The van der Waals surface area contributed by atoms with Crippen molar-refractivity contribution in [1.29, 1.82) is 0 Å². The largest absolute Gasteiger partial charge is 0.508 e. The monoisotopic (exact) mass is 288 g/mol. The third-order valence-electron chi connectivity index (χ3n) is 2.97. The molecule has 0 aliphatic heterocycles. The number of aromatic hydroxyl groups is 4. The number of phenolic OH excluding ortho intramolecular Hbond substituents is 4. The Balaban J connectivity index is 2.69. The van der Waals surface area contributed by atoms with Crippen LogP contribution in [0.4, 0.5) is 0 Å². The molecule has 0 saturated heterocycles. The normalized spacial score (nSPS) is 10.3. The Bertz CT molecular complexity index is 725. The number of carbonyl (C=O) groups is 2. The zero-order chi connectivity index (χ0) is 15.7. The van der Waals surface area contributed by atoms with Gasteiger partial charge in [0, 0.05) is 11.6 Å². The molecular weight excluding hydrogens is 276 g/mol. The minimum atomic E-state index is -0.890. The van der Waals surface area contributed by atoms with Crippen molar-refractivity contribution >= 4 is 12.1 Å². The summed E-state index contributed by atoms with van der Waals surface area (Å²) >= 11 is 0. The summed E-state index contributed by atoms with van der Waals surface area (Å²) < 4.78 is 0. The van der Waals surface area contributed by atoms with Crippen molar-refractivity contribution < 1.29 is 30.0 Å². The fraction of sp³-hybridized carbons (Fsp3) is 0.0667. The fourth-order valence-corrected chi connectivity index (χ4v) is 2.05. The molecule has 2 aromatic carbocycles. The number of phenols is 4. The topological polar surface area (TPSA) is 115 Å². The zero-order valence-electron chi connectivity index (χ0n) is 11.0. The highest BCUT2D eigenvalue weighted by atomic mass is 16.3. The Morgan fingerprint density at radius 2 is 1.52 bits per heavy atom. The third-order valence-corrected chi connectivity index (χ3v) is 2.97. The Hall–Kier alpha value is -3.02. The summed E-state index contributed by atoms with van der Waals surface area (Å²) in [4.78, 5) is 23.4. The maximum absolute atomic E-state index is 12.4. The van der Waals surface area contributed by atoms with Gasteiger partial charge in [0.05, 0.1) is 5.56 Å². The van der Waals surface area contributed by atoms with Gasteiger partial charge in [0.15, 0.2) is 6.29 Å². The summed E-state index contributed by atoms with van der Waals surface area (Å²) in [5, 5.41) is 38.6. The van der Waals surface area contributed by atoms with Crippen LogP contribution >= 0.6 is 0 Å². The van der Waals surface area contributed by atoms with Gasteiger partial charge in [0.25, 0.3) is 0 Å². The van der Waals surface area contributed by atoms with Gasteiger partial charge in [-0.25, -0.2) is 0 Å². The van der Waals surface area contributed by atoms with Crippen molar-refractivity contribution in [2.75, 3.05) is 0 Å². The summed E-state index contributed by atoms with van der Waals surface area (Å²) in [6.45, 7) is 1.62. The van der Waals surface area contributed by atoms with Crippen LogP contribution < -0.4 is 0 Å². The quantitative estimate of drug-likeness (QED) is 0.506. The van der Waals surface area contributed by atoms with Gasteiger partial charge in [0.2, 0.25) is 5.78 Å². The second-order valence-electron chi connectivity index (χ2n) is 4.55. The van der Waals surface area contributed by atoms with Gasteiger partial charge in [-0.2, -0.15) is 0 Å². The number of hydrogen-bond donors (Lipinski definition) is 4. The maximum Gasteiger partial charge on any atom is 0.201 e. The highest BCUT2D eigenvalue weighted by molar-refractivity contribution is 6.16. The van der Waals surface area contributed by atoms with Crippen LogP contribution in [0.15, 0.2) is 24.3 Å². The molecule has 2 aromatic rings. The first kappa shape index (κ1) is 14.4. The predicted molar refractivity (Wildman–Crippen MR) is 73.1 cm³/mol. The number of aldehydes is 1. The number of carbonyl (C=O) groups excluding carboxylic acids is 2. The van der Waals surface area contributed by atoms with Gasteiger partial charge in [-0.3, -0.25) is 9.59 Å². The lowest BCUT2D eigenvalue weighted by molar-refractivity contribution is 0.102. The number of ketones is 1. The molecule has 21 heavy (non-hydrogen) atoms. The lowest BCUT2D eigenvalue weighted by atomic mass is 9.96. The van der Waals surface area contributed by atoms with Crippen molar-refractivity contribution in [2.24, 2.45) is 0 Å². The van der Waals surface area contributed by atoms with E-state index in [2.05, 4.69) is 0 Å². The minimum Gasteiger partial charge on any atom is -0.508 e. The molecule has 0 aromatic heterocycles. The van der Waals surface area contributed by atoms with E-state index in [1.165, 1.54) is 12.1 Å². The van der Waals surface area contributed by atoms with Crippen molar-refractivity contribution in [3.8, 4) is 23.0 Å². The first-order chi connectivity index (χ1) is 9.85. The van der Waals surface area contributed by atoms with Gasteiger partial charge in [-0.1, -0.05) is 0 Å². The summed E-state index contributed by atoms with van der Waals surface area (Å²) in [6, 6.07) is 4.44. The smallest absolute Gasteiger partial charge is 0.201 e. The molecule has 0 fully saturated rings. The van der Waals surface area contributed by atoms with E-state index in [1.807, 2.05) is 0 Å². The fourth-order valence-electron chi connectivity index (χ4n) is 2.05. The Kier molecular flexibility index (Phi) is 3.54. The second-order valence-corrected chi connectivity index (χ2v) is 4.55. The van der Waals surface area contributed by atoms with E-state index < -0.39 is 34.3 Å². The summed E-state index contributed by atoms with van der Waals surface area (Å²) in [7, 11) is 0. The van der Waals surface area contributed by atoms with E-state index in [4.69, 9.17) is 0 Å². The molecule has 0 atom stereocenters. The van der Waals surface area contributed by atoms with Crippen molar-refractivity contribution in [3.05, 3.63) is 46.5 Å². The standard InChI is InChI=1S/C15H12O6/c1-7-2-12(19)14(13(20)3-7)15(21)9-4-8(17)5-11(18)10(9)6-16/h2-6,17-20H,1H3. The van der Waals surface area contributed by atoms with Crippen molar-refractivity contribution in [1.82, 2.24) is 0 Å². The SMILES string of the molecule is Cc1cc(O)c(C(=O)c2cc(O)cc(O)c2C=O)c(O)c1. The molecule has 0 spiro atoms. The van der Waals surface area contributed by atoms with E-state index in [9.17, 15) is 30.0 Å². The van der Waals surface area contributed by atoms with Crippen LogP contribution in [0.25, 0.3) is 0 Å². The van der Waals surface area contributed by atoms with Crippen LogP contribution in [0.2, 0.25) is 0 Å². The second kappa shape index (κ2) is 5.16. The van der Waals surface area contributed by atoms with Crippen LogP contribution in [-0.4, -0.2) is 32.5 Å². The van der Waals surface area contributed by atoms with Crippen molar-refractivity contribution in [3.63, 3.8) is 0 Å². The van der Waals surface area contributed by atoms with Crippen molar-refractivity contribution in [2.45, 2.75) is 6.92 Å². The van der Waals surface area contributed by atoms with Gasteiger partial charge >= 0.3 is 0 Å². The maximum atomic E-state index is 12.4. The van der Waals surface area contributed by atoms with Crippen LogP contribution in [0.5, 0.6) is 23.0 Å². The molecule has 0 aliphatic rings. The Morgan fingerprint density at radius 3 is 2.05 bits per heavy atom. The molecule has 0 radical (unpaired) electrons. The number of hydrogen-bond acceptors (Lipinski definition) is 6. The Morgan fingerprint density at radius 1 is 0.952 bits per heavy atom. The molecule has 2 rings (SSSR count). The summed E-state index contributed by atoms with van der Waals surface area (Å²) in [5.41, 5.74) is -0.529. The lowest BCUT2D eigenvalue weighted by Crippen LogP contribution is -2.06. The first-order valence-electron chi connectivity index (χ1n) is 5.93. The average Bonchev–Trinajstić information content (AvgIpc) is 2.36. The molecule has 0 bridgehead atoms. The molecule has 0 heterocycles. The molecule has 108 valence electrons. The van der Waals surface area contributed by atoms with Gasteiger partial charge in [-0.15, -0.1) is 0 Å². The molecule has 4 N–H and O–H groups in total. The van der Waals surface area contributed by atoms with Crippen LogP contribution in [0, 0.1) is 6.92 Å². The lowest BCUT2D eigenvalue weighted by Gasteiger charge is -2.10. The molecular formula is C15H12O6. The number of rotatable bonds is 3. The molecule has 6 heteroatoms. The van der Waals surface area contributed by atoms with Gasteiger partial charge in [-0.05, 0) is 30.7 Å². The highest BCUT2D eigenvalue weighted by Gasteiger charge is 2.23. The van der Waals surface area contributed by atoms with Crippen LogP contribution in [0.3, 0.4) is 0 Å². The third kappa shape index (κ3) is 2.51. The number of aryl methyl sites for hydroxylation is 1. The number of benzene rings is 2. The van der Waals surface area contributed by atoms with Crippen LogP contribution in [-0.2, 0) is 0 Å². The molecule has 0 amide bonds. The summed E-state index contributed by atoms with van der Waals surface area (Å²) in [6.07, 6.45) is 0.254. The Labute approximate surface area is 119 Å². The van der Waals surface area contributed by atoms with E-state index in [1.54, 1.807) is 6.92 Å². The minimum absolute atomic E-state index is 0.254. The predicted octanol–water partition coefficient (Wildman–Crippen LogP) is 1.86. The molecule has 0 aliphatic carbocycles. The van der Waals surface area contributed by atoms with E-state index in [0.29, 0.717) is 5.56 Å². The highest BCUT2D eigenvalue weighted by Crippen LogP contribution is 2.34. The van der Waals surface area contributed by atoms with E-state index in [0.717, 1.165) is 12.1 Å². The molecule has 0 saturated carbocycles. The molecule has 6 nitrogen and oxygen atoms in total. The van der Waals surface area contributed by atoms with Gasteiger partial charge < -0.3 is 20.4 Å². The van der Waals surface area contributed by atoms with E-state index in [-0.39, 0.29) is 17.4 Å². The average molecular weight is 288 g/mol. The summed E-state index contributed by atoms with van der Waals surface area (Å²) in [5.74, 6) is -2.81. The zero-order valence-corrected chi connectivity index (χ0v) is 11.0. The molecule has 0 unspecified atom stereocenters. The van der Waals surface area contributed by atoms with Gasteiger partial charge in [0.1, 0.15) is 28.6 Å².